The molecule has 192 valence electrons. The number of carbonyl (C=O) groups is 1. The third-order valence-corrected chi connectivity index (χ3v) is 7.80. The lowest BCUT2D eigenvalue weighted by atomic mass is 10.0. The van der Waals surface area contributed by atoms with Crippen molar-refractivity contribution >= 4 is 27.6 Å². The lowest BCUT2D eigenvalue weighted by Gasteiger charge is -2.18. The van der Waals surface area contributed by atoms with Crippen molar-refractivity contribution in [1.82, 2.24) is 4.31 Å². The number of nitrogens with zero attached hydrogens (tertiary/aromatic N) is 1. The average molecular weight is 532 g/mol. The van der Waals surface area contributed by atoms with Crippen LogP contribution in [-0.4, -0.2) is 50.6 Å². The Morgan fingerprint density at radius 1 is 0.972 bits per heavy atom. The third kappa shape index (κ3) is 7.22. The minimum atomic E-state index is -3.66. The van der Waals surface area contributed by atoms with Crippen LogP contribution in [0, 0.1) is 0 Å². The summed E-state index contributed by atoms with van der Waals surface area (Å²) in [6.07, 6.45) is 0.572. The van der Waals surface area contributed by atoms with E-state index in [9.17, 15) is 18.3 Å². The van der Waals surface area contributed by atoms with Crippen molar-refractivity contribution in [3.05, 3.63) is 88.4 Å². The molecule has 0 radical (unpaired) electrons. The molecular weight excluding hydrogens is 502 g/mol. The molecule has 36 heavy (non-hydrogen) atoms. The zero-order valence-corrected chi connectivity index (χ0v) is 22.1. The zero-order chi connectivity index (χ0) is 26.3. The van der Waals surface area contributed by atoms with Crippen molar-refractivity contribution < 1.29 is 27.8 Å². The number of hydrogen-bond acceptors (Lipinski definition) is 5. The molecule has 0 aliphatic rings. The molecule has 3 aromatic carbocycles. The second kappa shape index (κ2) is 12.3. The molecule has 0 amide bonds. The van der Waals surface area contributed by atoms with Crippen LogP contribution in [0.5, 0.6) is 11.5 Å². The molecule has 0 saturated heterocycles. The quantitative estimate of drug-likeness (QED) is 0.332. The minimum Gasteiger partial charge on any atom is -0.492 e. The highest BCUT2D eigenvalue weighted by atomic mass is 35.5. The smallest absolute Gasteiger partial charge is 0.339 e. The van der Waals surface area contributed by atoms with Crippen LogP contribution < -0.4 is 9.47 Å². The maximum absolute atomic E-state index is 12.9. The molecule has 0 fully saturated rings. The Bertz CT molecular complexity index is 1270. The van der Waals surface area contributed by atoms with Gasteiger partial charge in [-0.2, -0.15) is 4.31 Å². The van der Waals surface area contributed by atoms with Crippen molar-refractivity contribution in [3.63, 3.8) is 0 Å². The van der Waals surface area contributed by atoms with E-state index in [-0.39, 0.29) is 36.0 Å². The summed E-state index contributed by atoms with van der Waals surface area (Å²) >= 11 is 5.90. The molecule has 0 heterocycles. The summed E-state index contributed by atoms with van der Waals surface area (Å²) in [7, 11) is -2.17. The lowest BCUT2D eigenvalue weighted by molar-refractivity contribution is 0.0692. The molecule has 3 aromatic rings. The van der Waals surface area contributed by atoms with Gasteiger partial charge in [0.1, 0.15) is 23.7 Å². The predicted molar refractivity (Wildman–Crippen MR) is 140 cm³/mol. The molecule has 3 rings (SSSR count). The van der Waals surface area contributed by atoms with Crippen LogP contribution in [0.25, 0.3) is 0 Å². The first-order chi connectivity index (χ1) is 17.1. The number of carboxylic acids is 1. The first kappa shape index (κ1) is 27.5. The topological polar surface area (TPSA) is 93.1 Å². The third-order valence-electron chi connectivity index (χ3n) is 5.67. The van der Waals surface area contributed by atoms with Crippen LogP contribution in [0.15, 0.2) is 71.6 Å². The van der Waals surface area contributed by atoms with Crippen molar-refractivity contribution in [2.45, 2.75) is 31.1 Å². The number of sulfonamides is 1. The normalized spacial score (nSPS) is 11.6. The Hall–Kier alpha value is -3.07. The molecule has 7 nitrogen and oxygen atoms in total. The first-order valence-electron chi connectivity index (χ1n) is 11.5. The second-order valence-electron chi connectivity index (χ2n) is 8.59. The summed E-state index contributed by atoms with van der Waals surface area (Å²) in [5.74, 6) is -0.238. The van der Waals surface area contributed by atoms with E-state index >= 15 is 0 Å². The van der Waals surface area contributed by atoms with Crippen molar-refractivity contribution in [1.29, 1.82) is 0 Å². The van der Waals surface area contributed by atoms with Gasteiger partial charge in [0, 0.05) is 31.1 Å². The van der Waals surface area contributed by atoms with E-state index in [4.69, 9.17) is 21.1 Å². The molecule has 0 atom stereocenters. The van der Waals surface area contributed by atoms with Crippen LogP contribution in [0.2, 0.25) is 5.02 Å². The van der Waals surface area contributed by atoms with Crippen molar-refractivity contribution in [3.8, 4) is 11.5 Å². The zero-order valence-electron chi connectivity index (χ0n) is 20.5. The molecular formula is C27H30ClNO6S. The summed E-state index contributed by atoms with van der Waals surface area (Å²) < 4.78 is 38.4. The SMILES string of the molecule is CC(C)c1ccc(S(=O)(=O)N(C)CCOc2ccc(C(=O)O)c(OCCc3ccc(Cl)cc3)c2)cc1. The molecule has 9 heteroatoms. The van der Waals surface area contributed by atoms with Gasteiger partial charge in [-0.25, -0.2) is 13.2 Å². The van der Waals surface area contributed by atoms with E-state index in [0.29, 0.717) is 23.1 Å². The Balaban J connectivity index is 1.60. The Labute approximate surface area is 217 Å². The molecule has 0 saturated carbocycles. The fourth-order valence-corrected chi connectivity index (χ4v) is 4.72. The van der Waals surface area contributed by atoms with E-state index < -0.39 is 16.0 Å². The number of aromatic carboxylic acids is 1. The van der Waals surface area contributed by atoms with Gasteiger partial charge in [-0.1, -0.05) is 49.7 Å². The van der Waals surface area contributed by atoms with Gasteiger partial charge in [-0.3, -0.25) is 0 Å². The molecule has 0 aliphatic carbocycles. The molecule has 0 aromatic heterocycles. The molecule has 1 N–H and O–H groups in total. The van der Waals surface area contributed by atoms with Crippen LogP contribution >= 0.6 is 11.6 Å². The average Bonchev–Trinajstić information content (AvgIpc) is 2.85. The van der Waals surface area contributed by atoms with Gasteiger partial charge in [0.05, 0.1) is 11.5 Å². The highest BCUT2D eigenvalue weighted by molar-refractivity contribution is 7.89. The molecule has 0 bridgehead atoms. The van der Waals surface area contributed by atoms with E-state index in [1.54, 1.807) is 24.3 Å². The molecule has 0 spiro atoms. The van der Waals surface area contributed by atoms with Gasteiger partial charge in [-0.15, -0.1) is 0 Å². The van der Waals surface area contributed by atoms with E-state index in [0.717, 1.165) is 11.1 Å². The molecule has 0 aliphatic heterocycles. The number of ether oxygens (including phenoxy) is 2. The largest absolute Gasteiger partial charge is 0.492 e. The summed E-state index contributed by atoms with van der Waals surface area (Å²) in [5, 5.41) is 10.1. The second-order valence-corrected chi connectivity index (χ2v) is 11.1. The Kier molecular flexibility index (Phi) is 9.37. The van der Waals surface area contributed by atoms with Gasteiger partial charge in [0.2, 0.25) is 10.0 Å². The summed E-state index contributed by atoms with van der Waals surface area (Å²) in [6, 6.07) is 18.6. The van der Waals surface area contributed by atoms with Crippen LogP contribution in [-0.2, 0) is 16.4 Å². The maximum Gasteiger partial charge on any atom is 0.339 e. The number of rotatable bonds is 12. The number of likely N-dealkylation sites (N-methyl/N-ethyl adjacent to an activating group) is 1. The number of benzene rings is 3. The van der Waals surface area contributed by atoms with E-state index in [1.165, 1.54) is 29.6 Å². The standard InChI is InChI=1S/C27H30ClNO6S/c1-19(2)21-6-11-24(12-7-21)36(32,33)29(3)15-17-34-23-10-13-25(27(30)31)26(18-23)35-16-14-20-4-8-22(28)9-5-20/h4-13,18-19H,14-17H2,1-3H3,(H,30,31). The first-order valence-corrected chi connectivity index (χ1v) is 13.3. The predicted octanol–water partition coefficient (Wildman–Crippen LogP) is 5.48. The number of hydrogen-bond donors (Lipinski definition) is 1. The highest BCUT2D eigenvalue weighted by Gasteiger charge is 2.21. The van der Waals surface area contributed by atoms with Crippen molar-refractivity contribution in [2.24, 2.45) is 0 Å². The van der Waals surface area contributed by atoms with Gasteiger partial charge >= 0.3 is 5.97 Å². The van der Waals surface area contributed by atoms with Crippen LogP contribution in [0.3, 0.4) is 0 Å². The van der Waals surface area contributed by atoms with E-state index in [2.05, 4.69) is 0 Å². The molecule has 0 unspecified atom stereocenters. The Morgan fingerprint density at radius 2 is 1.64 bits per heavy atom. The summed E-state index contributed by atoms with van der Waals surface area (Å²) in [4.78, 5) is 11.8. The Morgan fingerprint density at radius 3 is 2.25 bits per heavy atom. The number of carboxylic acid groups (broad SMARTS) is 1. The maximum atomic E-state index is 12.9. The lowest BCUT2D eigenvalue weighted by Crippen LogP contribution is -2.31. The fraction of sp³-hybridized carbons (Fsp3) is 0.296. The van der Waals surface area contributed by atoms with Gasteiger partial charge in [0.25, 0.3) is 0 Å². The fourth-order valence-electron chi connectivity index (χ4n) is 3.44. The monoisotopic (exact) mass is 531 g/mol. The summed E-state index contributed by atoms with van der Waals surface area (Å²) in [5.41, 5.74) is 2.09. The van der Waals surface area contributed by atoms with Gasteiger partial charge in [0.15, 0.2) is 0 Å². The van der Waals surface area contributed by atoms with E-state index in [1.807, 2.05) is 38.1 Å². The van der Waals surface area contributed by atoms with Gasteiger partial charge in [-0.05, 0) is 53.4 Å². The van der Waals surface area contributed by atoms with Crippen LogP contribution in [0.1, 0.15) is 41.3 Å². The summed E-state index contributed by atoms with van der Waals surface area (Å²) in [6.45, 7) is 4.55. The minimum absolute atomic E-state index is 0.0167. The number of halogens is 1. The highest BCUT2D eigenvalue weighted by Crippen LogP contribution is 2.26. The van der Waals surface area contributed by atoms with Crippen LogP contribution in [0.4, 0.5) is 0 Å². The van der Waals surface area contributed by atoms with Gasteiger partial charge < -0.3 is 14.6 Å². The van der Waals surface area contributed by atoms with Crippen molar-refractivity contribution in [2.75, 3.05) is 26.8 Å².